The van der Waals surface area contributed by atoms with E-state index in [2.05, 4.69) is 38.1 Å². The number of nitrogens with zero attached hydrogens (tertiary/aromatic N) is 4. The topological polar surface area (TPSA) is 64.7 Å². The van der Waals surface area contributed by atoms with Crippen LogP contribution in [0.25, 0.3) is 78.1 Å². The molecule has 0 unspecified atom stereocenters. The Bertz CT molecular complexity index is 4050. The molecule has 0 spiro atoms. The van der Waals surface area contributed by atoms with Gasteiger partial charge in [0, 0.05) is 57.1 Å². The SMILES string of the molecule is [2H]C([2H])([2H])c1c[c-]c(-c2cc(C([2H])([2H])[2H])c(C([2H])([2H])[2H])cn2)cc1-c1ccccc1.[2H]C([2H])([2H])c1ccc2c(n1)oc1c(-c3cc(C([2H])([2H])C(C)(C)C)ccn3)[c-]ccc12.[2H]C([2H])([2H])c1cnc(-c2[c-]ccc(-c3ccccc3)c2)cc1C([2H])([2H])[2H].[Ir+3]. The summed E-state index contributed by atoms with van der Waals surface area (Å²) < 4.78 is 161. The van der Waals surface area contributed by atoms with Crippen LogP contribution in [-0.2, 0) is 26.5 Å². The van der Waals surface area contributed by atoms with Gasteiger partial charge in [0.1, 0.15) is 0 Å². The second kappa shape index (κ2) is 21.2. The van der Waals surface area contributed by atoms with Gasteiger partial charge in [-0.1, -0.05) is 140 Å². The summed E-state index contributed by atoms with van der Waals surface area (Å²) in [4.78, 5) is 16.9. The van der Waals surface area contributed by atoms with Crippen molar-refractivity contribution >= 4 is 22.1 Å². The van der Waals surface area contributed by atoms with Gasteiger partial charge in [-0.15, -0.1) is 82.9 Å². The zero-order valence-corrected chi connectivity index (χ0v) is 38.9. The molecule has 0 N–H and O–H groups in total. The number of hydrogen-bond acceptors (Lipinski definition) is 5. The molecule has 6 heteroatoms. The van der Waals surface area contributed by atoms with E-state index < -0.39 is 52.9 Å². The van der Waals surface area contributed by atoms with Gasteiger partial charge in [-0.2, -0.15) is 0 Å². The van der Waals surface area contributed by atoms with Crippen molar-refractivity contribution in [1.29, 1.82) is 0 Å². The largest absolute Gasteiger partial charge is 3.00 e. The van der Waals surface area contributed by atoms with Crippen molar-refractivity contribution in [3.8, 4) is 56.0 Å². The Morgan fingerprint density at radius 2 is 1.22 bits per heavy atom. The van der Waals surface area contributed by atoms with Crippen molar-refractivity contribution in [2.24, 2.45) is 5.41 Å². The average Bonchev–Trinajstić information content (AvgIpc) is 1.86. The van der Waals surface area contributed by atoms with Crippen LogP contribution in [0, 0.1) is 64.7 Å². The van der Waals surface area contributed by atoms with Gasteiger partial charge in [-0.05, 0) is 104 Å². The third-order valence-electron chi connectivity index (χ3n) is 10.1. The number of rotatable bonds is 6. The molecule has 0 atom stereocenters. The summed E-state index contributed by atoms with van der Waals surface area (Å²) in [6, 6.07) is 48.8. The molecule has 334 valence electrons. The van der Waals surface area contributed by atoms with E-state index in [1.54, 1.807) is 66.9 Å². The molecule has 0 amide bonds. The second-order valence-corrected chi connectivity index (χ2v) is 16.2. The normalized spacial score (nSPS) is 16.8. The molecule has 0 bridgehead atoms. The summed E-state index contributed by atoms with van der Waals surface area (Å²) in [6.07, 6.45) is 2.18. The summed E-state index contributed by atoms with van der Waals surface area (Å²) in [7, 11) is 0. The molecule has 5 aromatic carbocycles. The fraction of sp³-hybridized carbons (Fsp3) is 0.180. The van der Waals surface area contributed by atoms with Gasteiger partial charge in [0.15, 0.2) is 0 Å². The molecule has 5 aromatic heterocycles. The van der Waals surface area contributed by atoms with Crippen LogP contribution in [0.2, 0.25) is 0 Å². The van der Waals surface area contributed by atoms with Gasteiger partial charge in [-0.3, -0.25) is 0 Å². The Kier molecular flexibility index (Phi) is 8.97. The predicted molar refractivity (Wildman–Crippen MR) is 273 cm³/mol. The monoisotopic (exact) mass is 1070 g/mol. The van der Waals surface area contributed by atoms with E-state index in [4.69, 9.17) is 31.8 Å². The Labute approximate surface area is 437 Å². The Hall–Kier alpha value is -6.85. The standard InChI is InChI=1S/C22H21N2O.C20H18N.C19H16N.Ir/c1-14-8-9-17-16-6-5-7-18(20(16)25-21(17)24-14)19-12-15(10-11-23-19)13-22(2,3)4;1-14-9-10-18(20-11-15(2)16(3)13-21-20)12-19(14)17-7-5-4-6-8-17;1-14-11-19(20-13-15(14)2)18-10-6-9-17(12-18)16-7-4-3-5-8-16;/h5-6,8-12H,13H2,1-4H3;4-9,11-13H,1-3H3;3-9,11-13H,1-2H3;/q3*-1;+3/i1D3,13D2;1D3,2D3,3D3;1D3,2D3;. The molecule has 5 heterocycles. The molecule has 0 saturated carbocycles. The minimum atomic E-state index is -2.65. The molecule has 0 radical (unpaired) electrons. The summed E-state index contributed by atoms with van der Waals surface area (Å²) in [5, 5.41) is 1.48. The molecule has 0 saturated heterocycles. The average molecular weight is 1070 g/mol. The first-order chi connectivity index (χ1) is 39.8. The van der Waals surface area contributed by atoms with E-state index >= 15 is 0 Å². The van der Waals surface area contributed by atoms with Crippen LogP contribution in [0.4, 0.5) is 0 Å². The summed E-state index contributed by atoms with van der Waals surface area (Å²) in [6.45, 7) is -9.49. The van der Waals surface area contributed by atoms with Crippen molar-refractivity contribution in [3.05, 3.63) is 215 Å². The molecule has 10 rings (SSSR count). The zero-order chi connectivity index (χ0) is 63.2. The number of aromatic nitrogens is 4. The molecule has 10 aromatic rings. The van der Waals surface area contributed by atoms with Crippen LogP contribution >= 0.6 is 0 Å². The molecule has 0 fully saturated rings. The second-order valence-electron chi connectivity index (χ2n) is 16.2. The Morgan fingerprint density at radius 1 is 0.567 bits per heavy atom. The van der Waals surface area contributed by atoms with Gasteiger partial charge in [0.05, 0.1) is 5.58 Å². The molecule has 0 aliphatic carbocycles. The Morgan fingerprint density at radius 3 is 1.88 bits per heavy atom. The summed E-state index contributed by atoms with van der Waals surface area (Å²) in [5.74, 6) is 0. The van der Waals surface area contributed by atoms with Crippen molar-refractivity contribution < 1.29 is 51.9 Å². The quantitative estimate of drug-likeness (QED) is 0.155. The first-order valence-electron chi connectivity index (χ1n) is 30.8. The van der Waals surface area contributed by atoms with E-state index in [0.29, 0.717) is 55.7 Å². The first kappa shape index (κ1) is 28.4. The first-order valence-corrected chi connectivity index (χ1v) is 20.8. The van der Waals surface area contributed by atoms with Gasteiger partial charge in [0.2, 0.25) is 5.71 Å². The van der Waals surface area contributed by atoms with Crippen LogP contribution in [0.1, 0.15) is 87.3 Å². The van der Waals surface area contributed by atoms with Crippen LogP contribution in [0.15, 0.2) is 163 Å². The maximum Gasteiger partial charge on any atom is 3.00 e. The summed E-state index contributed by atoms with van der Waals surface area (Å²) in [5.41, 5.74) is 5.33. The number of pyridine rings is 4. The zero-order valence-electron chi connectivity index (χ0n) is 56.5. The molecule has 0 aliphatic heterocycles. The van der Waals surface area contributed by atoms with E-state index in [-0.39, 0.29) is 65.0 Å². The fourth-order valence-electron chi connectivity index (χ4n) is 7.02. The molecule has 0 aliphatic rings. The minimum absolute atomic E-state index is 0. The predicted octanol–water partition coefficient (Wildman–Crippen LogP) is 15.7. The van der Waals surface area contributed by atoms with Crippen LogP contribution < -0.4 is 0 Å². The molecule has 5 nitrogen and oxygen atoms in total. The Balaban J connectivity index is 0.000000186. The third-order valence-corrected chi connectivity index (χ3v) is 10.1. The fourth-order valence-corrected chi connectivity index (χ4v) is 7.02. The third kappa shape index (κ3) is 11.8. The van der Waals surface area contributed by atoms with Crippen molar-refractivity contribution in [1.82, 2.24) is 19.9 Å². The van der Waals surface area contributed by atoms with Gasteiger partial charge in [-0.25, -0.2) is 4.98 Å². The van der Waals surface area contributed by atoms with Crippen molar-refractivity contribution in [3.63, 3.8) is 0 Å². The number of benzene rings is 5. The maximum atomic E-state index is 8.55. The van der Waals surface area contributed by atoms with Crippen LogP contribution in [-0.4, -0.2) is 19.9 Å². The maximum absolute atomic E-state index is 8.55. The number of aryl methyl sites for hydroxylation is 6. The molecular weight excluding hydrogens is 997 g/mol. The van der Waals surface area contributed by atoms with Gasteiger partial charge >= 0.3 is 20.1 Å². The molecular formula is C61H55IrN4O. The summed E-state index contributed by atoms with van der Waals surface area (Å²) >= 11 is 0. The van der Waals surface area contributed by atoms with E-state index in [1.165, 1.54) is 24.3 Å². The smallest absolute Gasteiger partial charge is 0.486 e. The van der Waals surface area contributed by atoms with Crippen molar-refractivity contribution in [2.45, 2.75) is 68.3 Å². The van der Waals surface area contributed by atoms with Gasteiger partial charge in [0.25, 0.3) is 0 Å². The minimum Gasteiger partial charge on any atom is -0.486 e. The van der Waals surface area contributed by atoms with Crippen LogP contribution in [0.3, 0.4) is 0 Å². The van der Waals surface area contributed by atoms with E-state index in [1.807, 2.05) is 75.4 Å². The van der Waals surface area contributed by atoms with Crippen LogP contribution in [0.5, 0.6) is 0 Å². The number of fused-ring (bicyclic) bond motifs is 3. The van der Waals surface area contributed by atoms with Crippen molar-refractivity contribution in [2.75, 3.05) is 0 Å². The van der Waals surface area contributed by atoms with Gasteiger partial charge < -0.3 is 19.4 Å². The molecule has 67 heavy (non-hydrogen) atoms. The number of furan rings is 1. The van der Waals surface area contributed by atoms with E-state index in [0.717, 1.165) is 28.9 Å². The number of hydrogen-bond donors (Lipinski definition) is 0. The van der Waals surface area contributed by atoms with E-state index in [9.17, 15) is 0 Å².